The molecule has 1 aliphatic heterocycles. The van der Waals surface area contributed by atoms with E-state index >= 15 is 0 Å². The lowest BCUT2D eigenvalue weighted by Crippen LogP contribution is -2.62. The van der Waals surface area contributed by atoms with Crippen LogP contribution in [0.3, 0.4) is 0 Å². The van der Waals surface area contributed by atoms with E-state index in [4.69, 9.17) is 0 Å². The normalized spacial score (nSPS) is 18.8. The van der Waals surface area contributed by atoms with Crippen molar-refractivity contribution in [3.63, 3.8) is 0 Å². The molecule has 0 saturated carbocycles. The second-order valence-electron chi connectivity index (χ2n) is 5.03. The summed E-state index contributed by atoms with van der Waals surface area (Å²) in [5.41, 5.74) is -0.397. The van der Waals surface area contributed by atoms with Crippen LogP contribution in [0.25, 0.3) is 0 Å². The molecule has 94 valence electrons. The van der Waals surface area contributed by atoms with E-state index in [1.165, 1.54) is 0 Å². The Bertz CT molecular complexity index is 373. The summed E-state index contributed by atoms with van der Waals surface area (Å²) >= 11 is 0. The van der Waals surface area contributed by atoms with Gasteiger partial charge in [0.2, 0.25) is 11.8 Å². The number of carbonyl (C=O) groups excluding carboxylic acids is 3. The number of barbiturate groups is 1. The molecular weight excluding hydrogens is 220 g/mol. The summed E-state index contributed by atoms with van der Waals surface area (Å²) < 4.78 is 0. The maximum absolute atomic E-state index is 12.0. The first-order valence-corrected chi connectivity index (χ1v) is 5.61. The zero-order chi connectivity index (χ0) is 13.2. The SMILES string of the molecule is CC(C)=CC1(CC(C)C)C(=O)NC(=O)NC1=O. The van der Waals surface area contributed by atoms with Crippen LogP contribution in [0.5, 0.6) is 0 Å². The summed E-state index contributed by atoms with van der Waals surface area (Å²) in [6, 6.07) is -0.749. The first-order chi connectivity index (χ1) is 7.78. The van der Waals surface area contributed by atoms with E-state index < -0.39 is 23.3 Å². The zero-order valence-corrected chi connectivity index (χ0v) is 10.6. The van der Waals surface area contributed by atoms with Gasteiger partial charge in [0, 0.05) is 0 Å². The Balaban J connectivity index is 3.20. The number of carbonyl (C=O) groups is 3. The Morgan fingerprint density at radius 3 is 2.00 bits per heavy atom. The average Bonchev–Trinajstić information content (AvgIpc) is 2.12. The van der Waals surface area contributed by atoms with E-state index in [1.807, 2.05) is 27.7 Å². The van der Waals surface area contributed by atoms with Gasteiger partial charge >= 0.3 is 6.03 Å². The van der Waals surface area contributed by atoms with E-state index in [-0.39, 0.29) is 5.92 Å². The van der Waals surface area contributed by atoms with Crippen molar-refractivity contribution in [3.8, 4) is 0 Å². The molecule has 1 fully saturated rings. The monoisotopic (exact) mass is 238 g/mol. The average molecular weight is 238 g/mol. The predicted molar refractivity (Wildman–Crippen MR) is 63.0 cm³/mol. The molecule has 1 saturated heterocycles. The number of amides is 4. The maximum Gasteiger partial charge on any atom is 0.328 e. The van der Waals surface area contributed by atoms with Gasteiger partial charge in [-0.05, 0) is 26.2 Å². The van der Waals surface area contributed by atoms with Crippen molar-refractivity contribution >= 4 is 17.8 Å². The van der Waals surface area contributed by atoms with Crippen molar-refractivity contribution in [1.29, 1.82) is 0 Å². The second-order valence-corrected chi connectivity index (χ2v) is 5.03. The molecule has 4 amide bonds. The molecule has 0 spiro atoms. The minimum Gasteiger partial charge on any atom is -0.277 e. The van der Waals surface area contributed by atoms with Crippen LogP contribution < -0.4 is 10.6 Å². The quantitative estimate of drug-likeness (QED) is 0.575. The van der Waals surface area contributed by atoms with Gasteiger partial charge in [0.25, 0.3) is 0 Å². The highest BCUT2D eigenvalue weighted by atomic mass is 16.2. The van der Waals surface area contributed by atoms with Gasteiger partial charge in [-0.25, -0.2) is 4.79 Å². The lowest BCUT2D eigenvalue weighted by molar-refractivity contribution is -0.142. The molecule has 17 heavy (non-hydrogen) atoms. The molecule has 1 heterocycles. The molecule has 0 aliphatic carbocycles. The topological polar surface area (TPSA) is 75.3 Å². The van der Waals surface area contributed by atoms with Crippen molar-refractivity contribution in [2.45, 2.75) is 34.1 Å². The van der Waals surface area contributed by atoms with Crippen LogP contribution in [-0.2, 0) is 9.59 Å². The zero-order valence-electron chi connectivity index (χ0n) is 10.6. The largest absolute Gasteiger partial charge is 0.328 e. The fourth-order valence-corrected chi connectivity index (χ4v) is 2.08. The van der Waals surface area contributed by atoms with Crippen molar-refractivity contribution in [2.75, 3.05) is 0 Å². The molecule has 0 aromatic heterocycles. The molecule has 0 radical (unpaired) electrons. The summed E-state index contributed by atoms with van der Waals surface area (Å²) in [6.07, 6.45) is 2.01. The fourth-order valence-electron chi connectivity index (χ4n) is 2.08. The number of rotatable bonds is 3. The van der Waals surface area contributed by atoms with Gasteiger partial charge < -0.3 is 0 Å². The van der Waals surface area contributed by atoms with E-state index in [0.29, 0.717) is 6.42 Å². The minimum atomic E-state index is -1.26. The smallest absolute Gasteiger partial charge is 0.277 e. The maximum atomic E-state index is 12.0. The molecular formula is C12H18N2O3. The van der Waals surface area contributed by atoms with Crippen molar-refractivity contribution in [2.24, 2.45) is 11.3 Å². The van der Waals surface area contributed by atoms with Crippen molar-refractivity contribution < 1.29 is 14.4 Å². The predicted octanol–water partition coefficient (Wildman–Crippen LogP) is 1.35. The number of imide groups is 2. The Kier molecular flexibility index (Phi) is 3.70. The molecule has 5 nitrogen and oxygen atoms in total. The Hall–Kier alpha value is -1.65. The standard InChI is InChI=1S/C12H18N2O3/c1-7(2)5-12(6-8(3)4)9(15)13-11(17)14-10(12)16/h5,8H,6H2,1-4H3,(H2,13,14,15,16,17). The van der Waals surface area contributed by atoms with Gasteiger partial charge in [-0.3, -0.25) is 20.2 Å². The number of hydrogen-bond acceptors (Lipinski definition) is 3. The molecule has 1 rings (SSSR count). The molecule has 1 aliphatic rings. The van der Waals surface area contributed by atoms with Gasteiger partial charge in [-0.2, -0.15) is 0 Å². The molecule has 5 heteroatoms. The fraction of sp³-hybridized carbons (Fsp3) is 0.583. The van der Waals surface area contributed by atoms with E-state index in [2.05, 4.69) is 10.6 Å². The van der Waals surface area contributed by atoms with Crippen LogP contribution in [-0.4, -0.2) is 17.8 Å². The highest BCUT2D eigenvalue weighted by molar-refractivity contribution is 6.20. The molecule has 0 bridgehead atoms. The summed E-state index contributed by atoms with van der Waals surface area (Å²) in [6.45, 7) is 7.49. The molecule has 2 N–H and O–H groups in total. The number of urea groups is 1. The van der Waals surface area contributed by atoms with Gasteiger partial charge in [-0.15, -0.1) is 0 Å². The van der Waals surface area contributed by atoms with Crippen LogP contribution in [0.1, 0.15) is 34.1 Å². The lowest BCUT2D eigenvalue weighted by atomic mass is 9.76. The Morgan fingerprint density at radius 2 is 1.65 bits per heavy atom. The van der Waals surface area contributed by atoms with Crippen LogP contribution in [0.2, 0.25) is 0 Å². The second kappa shape index (κ2) is 4.69. The van der Waals surface area contributed by atoms with Gasteiger partial charge in [0.1, 0.15) is 5.41 Å². The van der Waals surface area contributed by atoms with Crippen LogP contribution in [0.4, 0.5) is 4.79 Å². The lowest BCUT2D eigenvalue weighted by Gasteiger charge is -2.33. The molecule has 0 atom stereocenters. The van der Waals surface area contributed by atoms with Crippen molar-refractivity contribution in [1.82, 2.24) is 10.6 Å². The number of hydrogen-bond donors (Lipinski definition) is 2. The third-order valence-corrected chi connectivity index (χ3v) is 2.53. The Morgan fingerprint density at radius 1 is 1.18 bits per heavy atom. The highest BCUT2D eigenvalue weighted by Crippen LogP contribution is 2.32. The van der Waals surface area contributed by atoms with Gasteiger partial charge in [-0.1, -0.05) is 25.5 Å². The molecule has 0 aromatic carbocycles. The molecule has 0 unspecified atom stereocenters. The van der Waals surface area contributed by atoms with Gasteiger partial charge in [0.05, 0.1) is 0 Å². The number of nitrogens with one attached hydrogen (secondary N) is 2. The summed E-state index contributed by atoms with van der Waals surface area (Å²) in [5.74, 6) is -0.919. The van der Waals surface area contributed by atoms with E-state index in [0.717, 1.165) is 5.57 Å². The summed E-state index contributed by atoms with van der Waals surface area (Å²) in [4.78, 5) is 35.0. The van der Waals surface area contributed by atoms with Crippen LogP contribution >= 0.6 is 0 Å². The summed E-state index contributed by atoms with van der Waals surface area (Å²) in [5, 5.41) is 4.31. The third-order valence-electron chi connectivity index (χ3n) is 2.53. The first kappa shape index (κ1) is 13.4. The first-order valence-electron chi connectivity index (χ1n) is 5.61. The number of allylic oxidation sites excluding steroid dienone is 1. The third kappa shape index (κ3) is 2.72. The highest BCUT2D eigenvalue weighted by Gasteiger charge is 2.48. The Labute approximate surface area is 101 Å². The van der Waals surface area contributed by atoms with E-state index in [1.54, 1.807) is 6.08 Å². The van der Waals surface area contributed by atoms with Crippen LogP contribution in [0.15, 0.2) is 11.6 Å². The molecule has 0 aromatic rings. The van der Waals surface area contributed by atoms with Crippen molar-refractivity contribution in [3.05, 3.63) is 11.6 Å². The summed E-state index contributed by atoms with van der Waals surface area (Å²) in [7, 11) is 0. The van der Waals surface area contributed by atoms with Gasteiger partial charge in [0.15, 0.2) is 0 Å². The van der Waals surface area contributed by atoms with Crippen LogP contribution in [0, 0.1) is 11.3 Å². The van der Waals surface area contributed by atoms with E-state index in [9.17, 15) is 14.4 Å². The minimum absolute atomic E-state index is 0.162.